The Balaban J connectivity index is 2.16. The number of aromatic hydroxyl groups is 1. The van der Waals surface area contributed by atoms with Gasteiger partial charge in [0.05, 0.1) is 23.1 Å². The zero-order valence-electron chi connectivity index (χ0n) is 15.4. The van der Waals surface area contributed by atoms with Gasteiger partial charge in [0.2, 0.25) is 5.78 Å². The zero-order valence-corrected chi connectivity index (χ0v) is 15.4. The number of hydrogen-bond donors (Lipinski definition) is 2. The summed E-state index contributed by atoms with van der Waals surface area (Å²) in [5.41, 5.74) is -0.181. The molecule has 4 rings (SSSR count). The van der Waals surface area contributed by atoms with Gasteiger partial charge in [0, 0.05) is 23.1 Å². The summed E-state index contributed by atoms with van der Waals surface area (Å²) >= 11 is 0. The molecule has 1 aliphatic rings. The van der Waals surface area contributed by atoms with E-state index < -0.39 is 18.2 Å². The highest BCUT2D eigenvalue weighted by Crippen LogP contribution is 2.37. The molecular weight excluding hydrogens is 360 g/mol. The molecule has 1 aliphatic carbocycles. The van der Waals surface area contributed by atoms with Crippen LogP contribution in [-0.2, 0) is 6.61 Å². The van der Waals surface area contributed by atoms with Gasteiger partial charge < -0.3 is 14.6 Å². The first-order valence-electron chi connectivity index (χ1n) is 9.04. The molecule has 0 aliphatic heterocycles. The zero-order chi connectivity index (χ0) is 20.2. The molecule has 142 valence electrons. The standard InChI is InChI=1S/C22H18O6/c1-3-10(2)16-8-15(25)17-11(9-23)7-13-19(22(17)28-16)21(27)18-12(20(13)26)5-4-6-14(18)24/h4-8,10,23-24H,3,9H2,1-2H3/t10-/m0/s1. The van der Waals surface area contributed by atoms with E-state index in [0.29, 0.717) is 12.2 Å². The fourth-order valence-corrected chi connectivity index (χ4v) is 3.64. The molecule has 0 saturated carbocycles. The highest BCUT2D eigenvalue weighted by atomic mass is 16.3. The van der Waals surface area contributed by atoms with E-state index in [2.05, 4.69) is 0 Å². The molecule has 0 fully saturated rings. The van der Waals surface area contributed by atoms with E-state index in [4.69, 9.17) is 4.42 Å². The summed E-state index contributed by atoms with van der Waals surface area (Å²) in [5, 5.41) is 20.0. The Bertz CT molecular complexity index is 1220. The summed E-state index contributed by atoms with van der Waals surface area (Å²) in [6.07, 6.45) is 0.715. The number of hydrogen-bond acceptors (Lipinski definition) is 6. The molecule has 2 aromatic carbocycles. The number of carbonyl (C=O) groups is 2. The van der Waals surface area contributed by atoms with Gasteiger partial charge in [-0.3, -0.25) is 14.4 Å². The lowest BCUT2D eigenvalue weighted by Gasteiger charge is -2.21. The average molecular weight is 378 g/mol. The van der Waals surface area contributed by atoms with Gasteiger partial charge in [0.15, 0.2) is 11.2 Å². The molecule has 6 heteroatoms. The monoisotopic (exact) mass is 378 g/mol. The first-order valence-corrected chi connectivity index (χ1v) is 9.04. The predicted octanol–water partition coefficient (Wildman–Crippen LogP) is 3.28. The van der Waals surface area contributed by atoms with Crippen LogP contribution in [0.3, 0.4) is 0 Å². The minimum Gasteiger partial charge on any atom is -0.507 e. The third kappa shape index (κ3) is 2.42. The van der Waals surface area contributed by atoms with Crippen molar-refractivity contribution in [1.82, 2.24) is 0 Å². The van der Waals surface area contributed by atoms with Crippen LogP contribution < -0.4 is 5.43 Å². The minimum absolute atomic E-state index is 0.0170. The highest BCUT2D eigenvalue weighted by Gasteiger charge is 2.35. The molecule has 28 heavy (non-hydrogen) atoms. The maximum Gasteiger partial charge on any atom is 0.202 e. The quantitative estimate of drug-likeness (QED) is 0.567. The van der Waals surface area contributed by atoms with Crippen molar-refractivity contribution in [3.63, 3.8) is 0 Å². The van der Waals surface area contributed by atoms with E-state index in [9.17, 15) is 24.6 Å². The van der Waals surface area contributed by atoms with Crippen molar-refractivity contribution in [2.75, 3.05) is 0 Å². The second-order valence-electron chi connectivity index (χ2n) is 7.00. The molecular formula is C22H18O6. The van der Waals surface area contributed by atoms with Gasteiger partial charge >= 0.3 is 0 Å². The largest absolute Gasteiger partial charge is 0.507 e. The Labute approximate surface area is 160 Å². The van der Waals surface area contributed by atoms with Crippen LogP contribution in [0.5, 0.6) is 5.75 Å². The lowest BCUT2D eigenvalue weighted by Crippen LogP contribution is -2.23. The topological polar surface area (TPSA) is 105 Å². The van der Waals surface area contributed by atoms with Gasteiger partial charge in [-0.05, 0) is 24.1 Å². The van der Waals surface area contributed by atoms with E-state index in [1.165, 1.54) is 30.3 Å². The molecule has 1 aromatic heterocycles. The van der Waals surface area contributed by atoms with Gasteiger partial charge in [-0.2, -0.15) is 0 Å². The molecule has 0 bridgehead atoms. The summed E-state index contributed by atoms with van der Waals surface area (Å²) in [5.74, 6) is -1.02. The third-order valence-corrected chi connectivity index (χ3v) is 5.36. The van der Waals surface area contributed by atoms with Crippen molar-refractivity contribution < 1.29 is 24.2 Å². The molecule has 6 nitrogen and oxygen atoms in total. The summed E-state index contributed by atoms with van der Waals surface area (Å²) < 4.78 is 5.94. The maximum atomic E-state index is 13.2. The first-order chi connectivity index (χ1) is 13.4. The minimum atomic E-state index is -0.582. The van der Waals surface area contributed by atoms with E-state index in [0.717, 1.165) is 0 Å². The Morgan fingerprint density at radius 3 is 2.46 bits per heavy atom. The summed E-state index contributed by atoms with van der Waals surface area (Å²) in [6.45, 7) is 3.35. The lowest BCUT2D eigenvalue weighted by atomic mass is 9.81. The molecule has 0 spiro atoms. The molecule has 0 unspecified atom stereocenters. The average Bonchev–Trinajstić information content (AvgIpc) is 2.69. The number of fused-ring (bicyclic) bond motifs is 4. The second-order valence-corrected chi connectivity index (χ2v) is 7.00. The first kappa shape index (κ1) is 18.1. The fourth-order valence-electron chi connectivity index (χ4n) is 3.64. The van der Waals surface area contributed by atoms with Crippen molar-refractivity contribution in [3.8, 4) is 5.75 Å². The van der Waals surface area contributed by atoms with Crippen LogP contribution in [0.1, 0.15) is 69.4 Å². The van der Waals surface area contributed by atoms with Gasteiger partial charge in [-0.1, -0.05) is 26.0 Å². The second kappa shape index (κ2) is 6.42. The fraction of sp³-hybridized carbons (Fsp3) is 0.227. The smallest absolute Gasteiger partial charge is 0.202 e. The van der Waals surface area contributed by atoms with Crippen molar-refractivity contribution in [3.05, 3.63) is 74.1 Å². The van der Waals surface area contributed by atoms with Crippen LogP contribution in [0.4, 0.5) is 0 Å². The van der Waals surface area contributed by atoms with Gasteiger partial charge in [-0.15, -0.1) is 0 Å². The summed E-state index contributed by atoms with van der Waals surface area (Å²) in [6, 6.07) is 7.01. The maximum absolute atomic E-state index is 13.2. The van der Waals surface area contributed by atoms with Gasteiger partial charge in [0.1, 0.15) is 17.1 Å². The van der Waals surface area contributed by atoms with Crippen LogP contribution in [-0.4, -0.2) is 21.8 Å². The van der Waals surface area contributed by atoms with Crippen molar-refractivity contribution in [1.29, 1.82) is 0 Å². The van der Waals surface area contributed by atoms with Crippen LogP contribution in [0.15, 0.2) is 39.5 Å². The number of ketones is 2. The lowest BCUT2D eigenvalue weighted by molar-refractivity contribution is 0.0976. The van der Waals surface area contributed by atoms with Crippen LogP contribution in [0, 0.1) is 0 Å². The predicted molar refractivity (Wildman–Crippen MR) is 102 cm³/mol. The number of aliphatic hydroxyl groups excluding tert-OH is 1. The Kier molecular flexibility index (Phi) is 4.16. The molecule has 2 N–H and O–H groups in total. The molecule has 0 radical (unpaired) electrons. The van der Waals surface area contributed by atoms with E-state index in [1.54, 1.807) is 0 Å². The summed E-state index contributed by atoms with van der Waals surface area (Å²) in [4.78, 5) is 39.0. The molecule has 1 heterocycles. The van der Waals surface area contributed by atoms with Crippen LogP contribution in [0.2, 0.25) is 0 Å². The van der Waals surface area contributed by atoms with Crippen LogP contribution >= 0.6 is 0 Å². The van der Waals surface area contributed by atoms with Crippen LogP contribution in [0.25, 0.3) is 11.0 Å². The number of carbonyl (C=O) groups excluding carboxylic acids is 2. The van der Waals surface area contributed by atoms with E-state index in [-0.39, 0.29) is 55.9 Å². The third-order valence-electron chi connectivity index (χ3n) is 5.36. The number of rotatable bonds is 3. The van der Waals surface area contributed by atoms with Crippen molar-refractivity contribution >= 4 is 22.5 Å². The summed E-state index contributed by atoms with van der Waals surface area (Å²) in [7, 11) is 0. The number of phenols is 1. The number of benzene rings is 2. The number of phenolic OH excluding ortho intramolecular Hbond substituents is 1. The van der Waals surface area contributed by atoms with Crippen molar-refractivity contribution in [2.45, 2.75) is 32.8 Å². The molecule has 0 amide bonds. The van der Waals surface area contributed by atoms with Crippen molar-refractivity contribution in [2.24, 2.45) is 0 Å². The normalized spacial score (nSPS) is 14.1. The van der Waals surface area contributed by atoms with E-state index >= 15 is 0 Å². The molecule has 3 aromatic rings. The number of aliphatic hydroxyl groups is 1. The Morgan fingerprint density at radius 2 is 1.79 bits per heavy atom. The molecule has 1 atom stereocenters. The Hall–Kier alpha value is -3.25. The highest BCUT2D eigenvalue weighted by molar-refractivity contribution is 6.32. The SMILES string of the molecule is CC[C@H](C)c1cc(=O)c2c(CO)cc3c(c2o1)C(=O)c1c(O)cccc1C3=O. The molecule has 0 saturated heterocycles. The van der Waals surface area contributed by atoms with Gasteiger partial charge in [-0.25, -0.2) is 0 Å². The van der Waals surface area contributed by atoms with Gasteiger partial charge in [0.25, 0.3) is 0 Å². The van der Waals surface area contributed by atoms with E-state index in [1.807, 2.05) is 13.8 Å². The Morgan fingerprint density at radius 1 is 1.04 bits per heavy atom.